The van der Waals surface area contributed by atoms with Gasteiger partial charge in [0.15, 0.2) is 5.43 Å². The van der Waals surface area contributed by atoms with Crippen LogP contribution in [0.25, 0.3) is 10.9 Å². The van der Waals surface area contributed by atoms with Gasteiger partial charge in [0, 0.05) is 30.1 Å². The molecule has 0 aliphatic carbocycles. The molecule has 0 radical (unpaired) electrons. The summed E-state index contributed by atoms with van der Waals surface area (Å²) >= 11 is 0. The summed E-state index contributed by atoms with van der Waals surface area (Å²) in [5.74, 6) is 0.0852. The van der Waals surface area contributed by atoms with Crippen LogP contribution in [0, 0.1) is 11.7 Å². The zero-order valence-electron chi connectivity index (χ0n) is 17.2. The summed E-state index contributed by atoms with van der Waals surface area (Å²) in [6.45, 7) is 3.09. The van der Waals surface area contributed by atoms with Crippen molar-refractivity contribution in [1.29, 1.82) is 0 Å². The Morgan fingerprint density at radius 1 is 1.06 bits per heavy atom. The highest BCUT2D eigenvalue weighted by atomic mass is 19.4. The van der Waals surface area contributed by atoms with Gasteiger partial charge in [-0.1, -0.05) is 25.5 Å². The average Bonchev–Trinajstić information content (AvgIpc) is 2.72. The molecule has 1 heterocycles. The molecule has 1 atom stereocenters. The number of benzene rings is 2. The topological polar surface area (TPSA) is 56.9 Å². The number of hydrogen-bond acceptors (Lipinski definition) is 3. The molecule has 3 N–H and O–H groups in total. The Bertz CT molecular complexity index is 1080. The van der Waals surface area contributed by atoms with E-state index in [2.05, 4.69) is 15.6 Å². The van der Waals surface area contributed by atoms with Crippen LogP contribution in [0.5, 0.6) is 0 Å². The largest absolute Gasteiger partial charge is 0.416 e. The molecule has 3 aromatic rings. The first-order chi connectivity index (χ1) is 14.8. The van der Waals surface area contributed by atoms with Crippen molar-refractivity contribution < 1.29 is 17.6 Å². The molecule has 4 nitrogen and oxygen atoms in total. The van der Waals surface area contributed by atoms with Gasteiger partial charge in [0.1, 0.15) is 11.6 Å². The second-order valence-electron chi connectivity index (χ2n) is 7.56. The van der Waals surface area contributed by atoms with Crippen molar-refractivity contribution in [2.75, 3.05) is 18.4 Å². The first-order valence-corrected chi connectivity index (χ1v) is 10.2. The van der Waals surface area contributed by atoms with Crippen molar-refractivity contribution in [2.45, 2.75) is 32.5 Å². The molecule has 0 aliphatic rings. The lowest BCUT2D eigenvalue weighted by molar-refractivity contribution is -0.137. The Balaban J connectivity index is 1.60. The second kappa shape index (κ2) is 9.96. The van der Waals surface area contributed by atoms with Crippen LogP contribution in [0.15, 0.2) is 53.3 Å². The Morgan fingerprint density at radius 3 is 2.58 bits per heavy atom. The minimum atomic E-state index is -4.51. The Hall–Kier alpha value is -2.87. The first-order valence-electron chi connectivity index (χ1n) is 10.2. The number of fused-ring (bicyclic) bond motifs is 1. The zero-order valence-corrected chi connectivity index (χ0v) is 17.2. The van der Waals surface area contributed by atoms with Crippen LogP contribution in [-0.4, -0.2) is 18.1 Å². The maximum atomic E-state index is 13.9. The van der Waals surface area contributed by atoms with E-state index in [-0.39, 0.29) is 23.5 Å². The van der Waals surface area contributed by atoms with Gasteiger partial charge in [0.2, 0.25) is 0 Å². The molecule has 1 aromatic heterocycles. The Labute approximate surface area is 177 Å². The number of pyridine rings is 1. The summed E-state index contributed by atoms with van der Waals surface area (Å²) in [6.07, 6.45) is -2.73. The number of nitrogens with one attached hydrogen (secondary N) is 3. The smallest absolute Gasteiger partial charge is 0.371 e. The number of H-pyrrole nitrogens is 1. The van der Waals surface area contributed by atoms with Gasteiger partial charge in [-0.05, 0) is 49.2 Å². The van der Waals surface area contributed by atoms with Crippen LogP contribution >= 0.6 is 0 Å². The number of alkyl halides is 3. The molecular formula is C23H25F4N3O. The molecule has 0 aliphatic heterocycles. The van der Waals surface area contributed by atoms with E-state index in [1.165, 1.54) is 6.07 Å². The number of para-hydroxylation sites is 1. The monoisotopic (exact) mass is 435 g/mol. The van der Waals surface area contributed by atoms with E-state index in [4.69, 9.17) is 0 Å². The van der Waals surface area contributed by atoms with E-state index in [0.29, 0.717) is 24.3 Å². The zero-order chi connectivity index (χ0) is 22.4. The number of hydrogen-bond donors (Lipinski definition) is 3. The lowest BCUT2D eigenvalue weighted by atomic mass is 10.0. The van der Waals surface area contributed by atoms with Gasteiger partial charge < -0.3 is 15.6 Å². The van der Waals surface area contributed by atoms with Crippen molar-refractivity contribution in [3.63, 3.8) is 0 Å². The molecular weight excluding hydrogens is 410 g/mol. The number of aromatic amines is 1. The Morgan fingerprint density at radius 2 is 1.84 bits per heavy atom. The van der Waals surface area contributed by atoms with E-state index < -0.39 is 17.6 Å². The molecule has 1 unspecified atom stereocenters. The number of anilines is 1. The van der Waals surface area contributed by atoms with E-state index in [0.717, 1.165) is 36.6 Å². The van der Waals surface area contributed by atoms with Crippen molar-refractivity contribution >= 4 is 16.7 Å². The minimum absolute atomic E-state index is 0.00275. The van der Waals surface area contributed by atoms with Gasteiger partial charge in [0.05, 0.1) is 11.1 Å². The quantitative estimate of drug-likeness (QED) is 0.400. The lowest BCUT2D eigenvalue weighted by Crippen LogP contribution is -2.28. The second-order valence-corrected chi connectivity index (χ2v) is 7.56. The van der Waals surface area contributed by atoms with Crippen molar-refractivity contribution in [1.82, 2.24) is 10.3 Å². The summed E-state index contributed by atoms with van der Waals surface area (Å²) in [7, 11) is 0. The molecule has 0 saturated heterocycles. The molecule has 2 aromatic carbocycles. The van der Waals surface area contributed by atoms with Crippen LogP contribution in [0.1, 0.15) is 30.9 Å². The normalized spacial score (nSPS) is 12.8. The fourth-order valence-electron chi connectivity index (χ4n) is 3.53. The fraction of sp³-hybridized carbons (Fsp3) is 0.348. The highest BCUT2D eigenvalue weighted by Crippen LogP contribution is 2.30. The molecule has 3 rings (SSSR count). The number of aromatic nitrogens is 1. The predicted molar refractivity (Wildman–Crippen MR) is 115 cm³/mol. The molecule has 8 heteroatoms. The minimum Gasteiger partial charge on any atom is -0.371 e. The van der Waals surface area contributed by atoms with E-state index in [1.807, 2.05) is 19.1 Å². The third-order valence-corrected chi connectivity index (χ3v) is 5.14. The van der Waals surface area contributed by atoms with Gasteiger partial charge in [-0.2, -0.15) is 13.2 Å². The maximum absolute atomic E-state index is 13.9. The summed E-state index contributed by atoms with van der Waals surface area (Å²) in [4.78, 5) is 15.4. The summed E-state index contributed by atoms with van der Waals surface area (Å²) in [5, 5.41) is 6.91. The van der Waals surface area contributed by atoms with Gasteiger partial charge in [0.25, 0.3) is 0 Å². The lowest BCUT2D eigenvalue weighted by Gasteiger charge is -2.19. The fourth-order valence-corrected chi connectivity index (χ4v) is 3.53. The summed E-state index contributed by atoms with van der Waals surface area (Å²) in [6, 6.07) is 11.2. The van der Waals surface area contributed by atoms with Crippen LogP contribution in [0.4, 0.5) is 23.4 Å². The first kappa shape index (κ1) is 22.8. The van der Waals surface area contributed by atoms with Crippen LogP contribution < -0.4 is 16.1 Å². The molecule has 0 amide bonds. The van der Waals surface area contributed by atoms with Crippen molar-refractivity contribution in [3.8, 4) is 0 Å². The SMILES string of the molecule is CCCC(CNCc1cc(C(F)(F)F)ccc1F)CNc1cc(=O)c2ccccc2[nH]1. The molecule has 0 saturated carbocycles. The van der Waals surface area contributed by atoms with E-state index >= 15 is 0 Å². The van der Waals surface area contributed by atoms with Gasteiger partial charge in [-0.25, -0.2) is 4.39 Å². The molecule has 0 fully saturated rings. The van der Waals surface area contributed by atoms with Gasteiger partial charge >= 0.3 is 6.18 Å². The third-order valence-electron chi connectivity index (χ3n) is 5.14. The highest BCUT2D eigenvalue weighted by Gasteiger charge is 2.31. The van der Waals surface area contributed by atoms with Crippen LogP contribution in [0.2, 0.25) is 0 Å². The predicted octanol–water partition coefficient (Wildman–Crippen LogP) is 5.30. The standard InChI is InChI=1S/C23H25F4N3O/c1-2-5-15(12-28-14-16-10-17(23(25,26)27)8-9-19(16)24)13-29-22-11-21(31)18-6-3-4-7-20(18)30-22/h3-4,6-11,15,28H,2,5,12-14H2,1H3,(H2,29,30,31). The molecule has 0 bridgehead atoms. The summed E-state index contributed by atoms with van der Waals surface area (Å²) in [5.41, 5.74) is -0.223. The maximum Gasteiger partial charge on any atom is 0.416 e. The number of halogens is 4. The van der Waals surface area contributed by atoms with Gasteiger partial charge in [-0.3, -0.25) is 4.79 Å². The molecule has 31 heavy (non-hydrogen) atoms. The Kier molecular flexibility index (Phi) is 7.33. The van der Waals surface area contributed by atoms with Crippen molar-refractivity contribution in [3.05, 3.63) is 75.7 Å². The molecule has 0 spiro atoms. The van der Waals surface area contributed by atoms with E-state index in [9.17, 15) is 22.4 Å². The van der Waals surface area contributed by atoms with Crippen molar-refractivity contribution in [2.24, 2.45) is 5.92 Å². The molecule has 166 valence electrons. The summed E-state index contributed by atoms with van der Waals surface area (Å²) < 4.78 is 52.5. The number of rotatable bonds is 9. The van der Waals surface area contributed by atoms with Crippen LogP contribution in [-0.2, 0) is 12.7 Å². The van der Waals surface area contributed by atoms with E-state index in [1.54, 1.807) is 12.1 Å². The highest BCUT2D eigenvalue weighted by molar-refractivity contribution is 5.79. The third kappa shape index (κ3) is 6.07. The average molecular weight is 435 g/mol. The van der Waals surface area contributed by atoms with Gasteiger partial charge in [-0.15, -0.1) is 0 Å². The van der Waals surface area contributed by atoms with Crippen LogP contribution in [0.3, 0.4) is 0 Å².